The number of carbonyl (C=O) groups excluding carboxylic acids is 1. The number of para-hydroxylation sites is 1. The maximum atomic E-state index is 12.8. The SMILES string of the molecule is CC1(C)N(O)c2ccccc2C(=O)N1c1ccc(Cl)cc1. The van der Waals surface area contributed by atoms with Crippen LogP contribution in [0.2, 0.25) is 5.02 Å². The van der Waals surface area contributed by atoms with Crippen LogP contribution in [0.1, 0.15) is 24.2 Å². The van der Waals surface area contributed by atoms with Gasteiger partial charge in [-0.05, 0) is 50.2 Å². The van der Waals surface area contributed by atoms with E-state index < -0.39 is 5.66 Å². The van der Waals surface area contributed by atoms with Gasteiger partial charge >= 0.3 is 0 Å². The minimum absolute atomic E-state index is 0.150. The zero-order valence-corrected chi connectivity index (χ0v) is 12.5. The van der Waals surface area contributed by atoms with Gasteiger partial charge in [-0.15, -0.1) is 0 Å². The molecule has 0 saturated heterocycles. The van der Waals surface area contributed by atoms with Crippen molar-refractivity contribution in [1.29, 1.82) is 0 Å². The molecule has 2 aromatic rings. The van der Waals surface area contributed by atoms with E-state index in [1.807, 2.05) is 0 Å². The van der Waals surface area contributed by atoms with Crippen molar-refractivity contribution in [2.75, 3.05) is 9.96 Å². The molecular weight excluding hydrogens is 288 g/mol. The highest BCUT2D eigenvalue weighted by molar-refractivity contribution is 6.30. The minimum Gasteiger partial charge on any atom is -0.286 e. The summed E-state index contributed by atoms with van der Waals surface area (Å²) < 4.78 is 0. The van der Waals surface area contributed by atoms with Crippen LogP contribution in [-0.2, 0) is 0 Å². The number of amides is 1. The van der Waals surface area contributed by atoms with Crippen LogP contribution in [0.25, 0.3) is 0 Å². The number of carbonyl (C=O) groups is 1. The van der Waals surface area contributed by atoms with Gasteiger partial charge in [0.05, 0.1) is 11.3 Å². The first-order valence-corrected chi connectivity index (χ1v) is 6.99. The fourth-order valence-electron chi connectivity index (χ4n) is 2.62. The molecular formula is C16H15ClN2O2. The molecule has 0 aromatic heterocycles. The van der Waals surface area contributed by atoms with Crippen molar-refractivity contribution in [1.82, 2.24) is 0 Å². The topological polar surface area (TPSA) is 43.8 Å². The lowest BCUT2D eigenvalue weighted by Gasteiger charge is -2.48. The number of benzene rings is 2. The highest BCUT2D eigenvalue weighted by Crippen LogP contribution is 2.38. The Bertz CT molecular complexity index is 698. The van der Waals surface area contributed by atoms with Crippen molar-refractivity contribution in [2.24, 2.45) is 0 Å². The first-order valence-electron chi connectivity index (χ1n) is 6.61. The van der Waals surface area contributed by atoms with Crippen LogP contribution in [0.4, 0.5) is 11.4 Å². The molecule has 1 heterocycles. The van der Waals surface area contributed by atoms with Gasteiger partial charge in [0.15, 0.2) is 0 Å². The van der Waals surface area contributed by atoms with E-state index in [0.717, 1.165) is 5.06 Å². The summed E-state index contributed by atoms with van der Waals surface area (Å²) in [6.45, 7) is 3.57. The van der Waals surface area contributed by atoms with E-state index in [-0.39, 0.29) is 5.91 Å². The predicted molar refractivity (Wildman–Crippen MR) is 83.0 cm³/mol. The van der Waals surface area contributed by atoms with Crippen LogP contribution in [0.5, 0.6) is 0 Å². The Labute approximate surface area is 128 Å². The maximum Gasteiger partial charge on any atom is 0.262 e. The number of anilines is 2. The van der Waals surface area contributed by atoms with Gasteiger partial charge in [-0.2, -0.15) is 0 Å². The summed E-state index contributed by atoms with van der Waals surface area (Å²) in [6, 6.07) is 14.0. The number of hydrogen-bond acceptors (Lipinski definition) is 3. The molecule has 21 heavy (non-hydrogen) atoms. The lowest BCUT2D eigenvalue weighted by atomic mass is 10.0. The molecule has 108 valence electrons. The fraction of sp³-hybridized carbons (Fsp3) is 0.188. The van der Waals surface area contributed by atoms with Gasteiger partial charge in [-0.3, -0.25) is 14.9 Å². The average molecular weight is 303 g/mol. The summed E-state index contributed by atoms with van der Waals surface area (Å²) in [5.74, 6) is -0.150. The van der Waals surface area contributed by atoms with E-state index >= 15 is 0 Å². The second-order valence-electron chi connectivity index (χ2n) is 5.44. The molecule has 0 aliphatic carbocycles. The molecule has 0 unspecified atom stereocenters. The zero-order chi connectivity index (χ0) is 15.2. The van der Waals surface area contributed by atoms with E-state index in [2.05, 4.69) is 0 Å². The normalized spacial score (nSPS) is 16.9. The smallest absolute Gasteiger partial charge is 0.262 e. The molecule has 2 aromatic carbocycles. The molecule has 0 saturated carbocycles. The van der Waals surface area contributed by atoms with Crippen molar-refractivity contribution >= 4 is 28.9 Å². The van der Waals surface area contributed by atoms with Crippen LogP contribution in [0.3, 0.4) is 0 Å². The van der Waals surface area contributed by atoms with Gasteiger partial charge in [0.1, 0.15) is 5.66 Å². The van der Waals surface area contributed by atoms with E-state index in [1.54, 1.807) is 67.3 Å². The van der Waals surface area contributed by atoms with Gasteiger partial charge < -0.3 is 0 Å². The standard InChI is InChI=1S/C16H15ClN2O2/c1-16(2)18(12-9-7-11(17)8-10-12)15(20)13-5-3-4-6-14(13)19(16)21/h3-10,21H,1-2H3. The third-order valence-electron chi connectivity index (χ3n) is 3.72. The van der Waals surface area contributed by atoms with Crippen LogP contribution >= 0.6 is 11.6 Å². The third kappa shape index (κ3) is 2.07. The lowest BCUT2D eigenvalue weighted by Crippen LogP contribution is -2.62. The minimum atomic E-state index is -0.904. The summed E-state index contributed by atoms with van der Waals surface area (Å²) >= 11 is 5.90. The van der Waals surface area contributed by atoms with E-state index in [1.165, 1.54) is 0 Å². The van der Waals surface area contributed by atoms with Gasteiger partial charge in [0, 0.05) is 10.7 Å². The largest absolute Gasteiger partial charge is 0.286 e. The average Bonchev–Trinajstić information content (AvgIpc) is 2.47. The monoisotopic (exact) mass is 302 g/mol. The van der Waals surface area contributed by atoms with Gasteiger partial charge in [0.2, 0.25) is 0 Å². The molecule has 1 amide bonds. The molecule has 0 fully saturated rings. The molecule has 0 radical (unpaired) electrons. The molecule has 0 spiro atoms. The van der Waals surface area contributed by atoms with Crippen molar-refractivity contribution in [2.45, 2.75) is 19.5 Å². The predicted octanol–water partition coefficient (Wildman–Crippen LogP) is 3.93. The lowest BCUT2D eigenvalue weighted by molar-refractivity contribution is 0.0873. The highest BCUT2D eigenvalue weighted by atomic mass is 35.5. The number of hydrogen-bond donors (Lipinski definition) is 1. The zero-order valence-electron chi connectivity index (χ0n) is 11.7. The van der Waals surface area contributed by atoms with Crippen molar-refractivity contribution in [3.8, 4) is 0 Å². The molecule has 1 aliphatic heterocycles. The van der Waals surface area contributed by atoms with Gasteiger partial charge in [-0.1, -0.05) is 23.7 Å². The number of fused-ring (bicyclic) bond motifs is 1. The van der Waals surface area contributed by atoms with Gasteiger partial charge in [-0.25, -0.2) is 5.06 Å². The highest BCUT2D eigenvalue weighted by Gasteiger charge is 2.44. The van der Waals surface area contributed by atoms with Crippen LogP contribution in [0, 0.1) is 0 Å². The summed E-state index contributed by atoms with van der Waals surface area (Å²) in [5.41, 5.74) is 0.758. The van der Waals surface area contributed by atoms with Crippen LogP contribution in [0.15, 0.2) is 48.5 Å². The molecule has 0 bridgehead atoms. The van der Waals surface area contributed by atoms with Crippen molar-refractivity contribution < 1.29 is 10.0 Å². The number of hydroxylamine groups is 1. The van der Waals surface area contributed by atoms with E-state index in [0.29, 0.717) is 22.0 Å². The van der Waals surface area contributed by atoms with Gasteiger partial charge in [0.25, 0.3) is 5.91 Å². The molecule has 1 aliphatic rings. The summed E-state index contributed by atoms with van der Waals surface area (Å²) in [7, 11) is 0. The third-order valence-corrected chi connectivity index (χ3v) is 3.97. The molecule has 5 heteroatoms. The Morgan fingerprint density at radius 3 is 2.33 bits per heavy atom. The number of rotatable bonds is 1. The second-order valence-corrected chi connectivity index (χ2v) is 5.88. The summed E-state index contributed by atoms with van der Waals surface area (Å²) in [5, 5.41) is 12.2. The number of halogens is 1. The first-order chi connectivity index (χ1) is 9.93. The Morgan fingerprint density at radius 2 is 1.67 bits per heavy atom. The van der Waals surface area contributed by atoms with Crippen LogP contribution in [-0.4, -0.2) is 16.8 Å². The Kier molecular flexibility index (Phi) is 3.15. The summed E-state index contributed by atoms with van der Waals surface area (Å²) in [4.78, 5) is 14.4. The van der Waals surface area contributed by atoms with E-state index in [9.17, 15) is 10.0 Å². The Balaban J connectivity index is 2.17. The van der Waals surface area contributed by atoms with E-state index in [4.69, 9.17) is 11.6 Å². The second kappa shape index (κ2) is 4.76. The summed E-state index contributed by atoms with van der Waals surface area (Å²) in [6.07, 6.45) is 0. The molecule has 0 atom stereocenters. The quantitative estimate of drug-likeness (QED) is 0.868. The molecule has 4 nitrogen and oxygen atoms in total. The van der Waals surface area contributed by atoms with Crippen molar-refractivity contribution in [3.63, 3.8) is 0 Å². The first kappa shape index (κ1) is 13.9. The van der Waals surface area contributed by atoms with Crippen molar-refractivity contribution in [3.05, 3.63) is 59.1 Å². The van der Waals surface area contributed by atoms with Crippen LogP contribution < -0.4 is 9.96 Å². The Morgan fingerprint density at radius 1 is 1.05 bits per heavy atom. The Hall–Kier alpha value is -2.04. The number of nitrogens with zero attached hydrogens (tertiary/aromatic N) is 2. The maximum absolute atomic E-state index is 12.8. The molecule has 1 N–H and O–H groups in total. The molecule has 3 rings (SSSR count). The fourth-order valence-corrected chi connectivity index (χ4v) is 2.75.